The maximum absolute atomic E-state index is 12.3. The second kappa shape index (κ2) is 5.46. The summed E-state index contributed by atoms with van der Waals surface area (Å²) in [6.45, 7) is 4.08. The van der Waals surface area contributed by atoms with Crippen molar-refractivity contribution < 1.29 is 4.79 Å². The van der Waals surface area contributed by atoms with Crippen LogP contribution in [0.1, 0.15) is 5.82 Å². The van der Waals surface area contributed by atoms with Crippen LogP contribution in [0.4, 0.5) is 0 Å². The number of benzene rings is 1. The van der Waals surface area contributed by atoms with Gasteiger partial charge in [-0.2, -0.15) is 0 Å². The number of nitrogens with zero attached hydrogens (tertiary/aromatic N) is 3. The fourth-order valence-electron chi connectivity index (χ4n) is 2.20. The zero-order valence-electron chi connectivity index (χ0n) is 11.4. The number of thioether (sulfide) groups is 1. The molecule has 1 saturated heterocycles. The molecule has 2 heterocycles. The van der Waals surface area contributed by atoms with E-state index < -0.39 is 0 Å². The van der Waals surface area contributed by atoms with Crippen molar-refractivity contribution in [2.24, 2.45) is 7.05 Å². The Hall–Kier alpha value is -1.92. The minimum atomic E-state index is -0.0862. The Bertz CT molecular complexity index is 791. The van der Waals surface area contributed by atoms with Crippen LogP contribution in [0.2, 0.25) is 0 Å². The highest BCUT2D eigenvalue weighted by molar-refractivity contribution is 8.26. The highest BCUT2D eigenvalue weighted by Gasteiger charge is 2.31. The van der Waals surface area contributed by atoms with Gasteiger partial charge in [0.25, 0.3) is 5.91 Å². The maximum Gasteiger partial charge on any atom is 0.266 e. The van der Waals surface area contributed by atoms with E-state index in [1.165, 1.54) is 11.8 Å². The molecular weight excluding hydrogens is 302 g/mol. The molecule has 106 valence electrons. The molecule has 0 radical (unpaired) electrons. The standard InChI is InChI=1S/C15H13N3OS2/c1-3-8-18-14(19)12(21-15(18)20)9-13-16-10-6-4-5-7-11(10)17(13)2/h3-7,9H,1,8H2,2H3/b12-9-. The van der Waals surface area contributed by atoms with Gasteiger partial charge in [-0.25, -0.2) is 4.98 Å². The van der Waals surface area contributed by atoms with Crippen molar-refractivity contribution in [1.82, 2.24) is 14.5 Å². The van der Waals surface area contributed by atoms with Crippen LogP contribution < -0.4 is 0 Å². The van der Waals surface area contributed by atoms with Gasteiger partial charge in [-0.15, -0.1) is 6.58 Å². The quantitative estimate of drug-likeness (QED) is 0.496. The molecule has 2 aromatic rings. The molecule has 21 heavy (non-hydrogen) atoms. The summed E-state index contributed by atoms with van der Waals surface area (Å²) in [5.74, 6) is 0.659. The average Bonchev–Trinajstić information content (AvgIpc) is 2.93. The summed E-state index contributed by atoms with van der Waals surface area (Å²) in [5.41, 5.74) is 1.94. The first-order valence-corrected chi connectivity index (χ1v) is 7.62. The largest absolute Gasteiger partial charge is 0.328 e. The fraction of sp³-hybridized carbons (Fsp3) is 0.133. The van der Waals surface area contributed by atoms with Crippen LogP contribution in [0.5, 0.6) is 0 Å². The van der Waals surface area contributed by atoms with Gasteiger partial charge in [-0.05, 0) is 12.1 Å². The number of para-hydroxylation sites is 2. The van der Waals surface area contributed by atoms with Gasteiger partial charge in [0.05, 0.1) is 15.9 Å². The molecule has 1 aliphatic heterocycles. The average molecular weight is 315 g/mol. The van der Waals surface area contributed by atoms with Gasteiger partial charge in [0.2, 0.25) is 0 Å². The van der Waals surface area contributed by atoms with Gasteiger partial charge in [0.1, 0.15) is 10.1 Å². The SMILES string of the molecule is C=CCN1C(=O)/C(=C/c2nc3ccccc3n2C)SC1=S. The molecule has 0 bridgehead atoms. The molecule has 1 fully saturated rings. The molecule has 1 aromatic carbocycles. The van der Waals surface area contributed by atoms with E-state index in [0.717, 1.165) is 16.9 Å². The first-order chi connectivity index (χ1) is 10.1. The van der Waals surface area contributed by atoms with Crippen molar-refractivity contribution in [2.75, 3.05) is 6.54 Å². The van der Waals surface area contributed by atoms with E-state index in [9.17, 15) is 4.79 Å². The molecule has 1 aliphatic rings. The number of amides is 1. The number of hydrogen-bond donors (Lipinski definition) is 0. The molecule has 0 N–H and O–H groups in total. The predicted molar refractivity (Wildman–Crippen MR) is 90.8 cm³/mol. The van der Waals surface area contributed by atoms with Crippen molar-refractivity contribution in [1.29, 1.82) is 0 Å². The third kappa shape index (κ3) is 2.41. The summed E-state index contributed by atoms with van der Waals surface area (Å²) < 4.78 is 2.53. The second-order valence-electron chi connectivity index (χ2n) is 4.60. The van der Waals surface area contributed by atoms with E-state index in [-0.39, 0.29) is 5.91 Å². The van der Waals surface area contributed by atoms with Crippen molar-refractivity contribution in [2.45, 2.75) is 0 Å². The molecule has 6 heteroatoms. The van der Waals surface area contributed by atoms with Crippen LogP contribution in [-0.2, 0) is 11.8 Å². The number of carbonyl (C=O) groups excluding carboxylic acids is 1. The Morgan fingerprint density at radius 2 is 2.19 bits per heavy atom. The van der Waals surface area contributed by atoms with Gasteiger partial charge in [0.15, 0.2) is 0 Å². The van der Waals surface area contributed by atoms with Crippen LogP contribution in [0, 0.1) is 0 Å². The molecule has 3 rings (SSSR count). The van der Waals surface area contributed by atoms with E-state index in [1.807, 2.05) is 35.9 Å². The maximum atomic E-state index is 12.3. The van der Waals surface area contributed by atoms with Crippen LogP contribution in [0.25, 0.3) is 17.1 Å². The number of rotatable bonds is 3. The van der Waals surface area contributed by atoms with Crippen molar-refractivity contribution in [3.63, 3.8) is 0 Å². The lowest BCUT2D eigenvalue weighted by atomic mass is 10.3. The molecule has 4 nitrogen and oxygen atoms in total. The van der Waals surface area contributed by atoms with Crippen LogP contribution >= 0.6 is 24.0 Å². The topological polar surface area (TPSA) is 38.1 Å². The highest BCUT2D eigenvalue weighted by atomic mass is 32.2. The third-order valence-electron chi connectivity index (χ3n) is 3.27. The summed E-state index contributed by atoms with van der Waals surface area (Å²) in [5, 5.41) is 0. The first-order valence-electron chi connectivity index (χ1n) is 6.39. The molecule has 0 atom stereocenters. The Balaban J connectivity index is 2.01. The summed E-state index contributed by atoms with van der Waals surface area (Å²) in [4.78, 5) is 19.0. The van der Waals surface area contributed by atoms with Crippen molar-refractivity contribution in [3.05, 3.63) is 47.6 Å². The molecule has 0 unspecified atom stereocenters. The van der Waals surface area contributed by atoms with Crippen LogP contribution in [0.15, 0.2) is 41.8 Å². The molecule has 1 amide bonds. The van der Waals surface area contributed by atoms with Gasteiger partial charge in [0, 0.05) is 19.7 Å². The number of thiocarbonyl (C=S) groups is 1. The summed E-state index contributed by atoms with van der Waals surface area (Å²) in [7, 11) is 1.94. The van der Waals surface area contributed by atoms with E-state index >= 15 is 0 Å². The van der Waals surface area contributed by atoms with E-state index in [4.69, 9.17) is 12.2 Å². The van der Waals surface area contributed by atoms with Gasteiger partial charge >= 0.3 is 0 Å². The minimum absolute atomic E-state index is 0.0862. The lowest BCUT2D eigenvalue weighted by Crippen LogP contribution is -2.27. The third-order valence-corrected chi connectivity index (χ3v) is 4.64. The van der Waals surface area contributed by atoms with Gasteiger partial charge in [-0.1, -0.05) is 42.2 Å². The van der Waals surface area contributed by atoms with Crippen molar-refractivity contribution in [3.8, 4) is 0 Å². The van der Waals surface area contributed by atoms with Crippen molar-refractivity contribution >= 4 is 51.3 Å². The first kappa shape index (κ1) is 14.0. The highest BCUT2D eigenvalue weighted by Crippen LogP contribution is 2.32. The Morgan fingerprint density at radius 1 is 1.43 bits per heavy atom. The number of aromatic nitrogens is 2. The normalized spacial score (nSPS) is 17.2. The lowest BCUT2D eigenvalue weighted by Gasteiger charge is -2.10. The Kier molecular flexibility index (Phi) is 3.65. The minimum Gasteiger partial charge on any atom is -0.328 e. The molecule has 0 spiro atoms. The van der Waals surface area contributed by atoms with E-state index in [0.29, 0.717) is 15.8 Å². The Morgan fingerprint density at radius 3 is 2.90 bits per heavy atom. The summed E-state index contributed by atoms with van der Waals surface area (Å²) >= 11 is 6.53. The summed E-state index contributed by atoms with van der Waals surface area (Å²) in [6, 6.07) is 7.87. The number of imidazole rings is 1. The lowest BCUT2D eigenvalue weighted by molar-refractivity contribution is -0.121. The van der Waals surface area contributed by atoms with Gasteiger partial charge in [-0.3, -0.25) is 9.69 Å². The zero-order chi connectivity index (χ0) is 15.0. The molecule has 0 saturated carbocycles. The van der Waals surface area contributed by atoms with Crippen LogP contribution in [-0.4, -0.2) is 31.2 Å². The molecular formula is C15H13N3OS2. The molecule has 0 aliphatic carbocycles. The van der Waals surface area contributed by atoms with E-state index in [2.05, 4.69) is 11.6 Å². The molecule has 1 aromatic heterocycles. The summed E-state index contributed by atoms with van der Waals surface area (Å²) in [6.07, 6.45) is 3.46. The fourth-order valence-corrected chi connectivity index (χ4v) is 3.44. The number of hydrogen-bond acceptors (Lipinski definition) is 4. The number of aryl methyl sites for hydroxylation is 1. The second-order valence-corrected chi connectivity index (χ2v) is 6.27. The van der Waals surface area contributed by atoms with Gasteiger partial charge < -0.3 is 4.57 Å². The number of carbonyl (C=O) groups is 1. The van der Waals surface area contributed by atoms with Crippen LogP contribution in [0.3, 0.4) is 0 Å². The Labute approximate surface area is 132 Å². The monoisotopic (exact) mass is 315 g/mol. The smallest absolute Gasteiger partial charge is 0.266 e. The predicted octanol–water partition coefficient (Wildman–Crippen LogP) is 2.96. The zero-order valence-corrected chi connectivity index (χ0v) is 13.1. The van der Waals surface area contributed by atoms with E-state index in [1.54, 1.807) is 17.1 Å². The number of fused-ring (bicyclic) bond motifs is 1.